The number of nitrogens with one attached hydrogen (secondary N) is 1. The number of rotatable bonds is 5. The molecule has 1 N–H and O–H groups in total. The number of carbonyl (C=O) groups is 1. The van der Waals surface area contributed by atoms with Crippen molar-refractivity contribution in [3.8, 4) is 0 Å². The van der Waals surface area contributed by atoms with Crippen LogP contribution in [0.2, 0.25) is 5.02 Å². The van der Waals surface area contributed by atoms with E-state index in [1.807, 2.05) is 6.07 Å². The van der Waals surface area contributed by atoms with Crippen LogP contribution in [0.15, 0.2) is 47.6 Å². The average Bonchev–Trinajstić information content (AvgIpc) is 3.17. The number of carbonyl (C=O) groups excluding carboxylic acids is 1. The van der Waals surface area contributed by atoms with Crippen molar-refractivity contribution in [3.05, 3.63) is 53.1 Å². The van der Waals surface area contributed by atoms with E-state index in [-0.39, 0.29) is 0 Å². The summed E-state index contributed by atoms with van der Waals surface area (Å²) in [4.78, 5) is 24.6. The molecule has 2 aliphatic rings. The first-order chi connectivity index (χ1) is 15.1. The zero-order chi connectivity index (χ0) is 21.2. The van der Waals surface area contributed by atoms with Gasteiger partial charge in [0.15, 0.2) is 5.16 Å². The molecular formula is C24H27ClN4OS. The number of benzene rings is 2. The second-order valence-corrected chi connectivity index (χ2v) is 10.2. The van der Waals surface area contributed by atoms with Gasteiger partial charge in [-0.2, -0.15) is 0 Å². The largest absolute Gasteiger partial charge is 0.368 e. The van der Waals surface area contributed by atoms with Crippen LogP contribution in [0.3, 0.4) is 0 Å². The Bertz CT molecular complexity index is 1050. The van der Waals surface area contributed by atoms with Crippen LogP contribution in [-0.4, -0.2) is 52.1 Å². The van der Waals surface area contributed by atoms with Crippen LogP contribution >= 0.6 is 23.4 Å². The van der Waals surface area contributed by atoms with Gasteiger partial charge in [0.2, 0.25) is 0 Å². The summed E-state index contributed by atoms with van der Waals surface area (Å²) in [7, 11) is 0. The molecule has 1 aliphatic carbocycles. The summed E-state index contributed by atoms with van der Waals surface area (Å²) in [5.74, 6) is 0.391. The maximum Gasteiger partial charge on any atom is 0.166 e. The molecule has 0 unspecified atom stereocenters. The summed E-state index contributed by atoms with van der Waals surface area (Å²) < 4.78 is 0. The molecule has 0 spiro atoms. The summed E-state index contributed by atoms with van der Waals surface area (Å²) in [5.41, 5.74) is 4.37. The number of ketones is 1. The molecule has 0 bridgehead atoms. The number of fused-ring (bicyclic) bond motifs is 1. The van der Waals surface area contributed by atoms with E-state index >= 15 is 0 Å². The number of thioether (sulfide) groups is 1. The third-order valence-electron chi connectivity index (χ3n) is 6.26. The molecule has 0 radical (unpaired) electrons. The van der Waals surface area contributed by atoms with Crippen LogP contribution in [0.4, 0.5) is 5.69 Å². The quantitative estimate of drug-likeness (QED) is 0.578. The minimum Gasteiger partial charge on any atom is -0.368 e. The number of piperazine rings is 1. The van der Waals surface area contributed by atoms with Crippen LogP contribution in [0.1, 0.15) is 31.2 Å². The van der Waals surface area contributed by atoms with E-state index < -0.39 is 0 Å². The fraction of sp³-hybridized carbons (Fsp3) is 0.417. The Balaban J connectivity index is 1.25. The van der Waals surface area contributed by atoms with Crippen LogP contribution in [0.5, 0.6) is 0 Å². The predicted octanol–water partition coefficient (Wildman–Crippen LogP) is 5.14. The number of imidazole rings is 1. The van der Waals surface area contributed by atoms with Crippen molar-refractivity contribution in [3.63, 3.8) is 0 Å². The fourth-order valence-electron chi connectivity index (χ4n) is 4.47. The molecule has 1 aromatic heterocycles. The standard InChI is InChI=1S/C24H27ClN4OS/c25-20-14-21-22(27-24(26-21)31-19-8-6-18(30)7-9-19)15-23(20)29-12-10-28(11-13-29)16-17-4-2-1-3-5-17/h1-5,14-15,19H,6-13,16H2,(H,26,27). The number of hydrogen-bond donors (Lipinski definition) is 1. The fourth-order valence-corrected chi connectivity index (χ4v) is 5.86. The third kappa shape index (κ3) is 4.92. The third-order valence-corrected chi connectivity index (χ3v) is 7.78. The second-order valence-electron chi connectivity index (χ2n) is 8.47. The maximum absolute atomic E-state index is 11.5. The molecule has 5 rings (SSSR count). The zero-order valence-corrected chi connectivity index (χ0v) is 19.1. The Morgan fingerprint density at radius 1 is 1.06 bits per heavy atom. The highest BCUT2D eigenvalue weighted by Gasteiger charge is 2.23. The summed E-state index contributed by atoms with van der Waals surface area (Å²) in [6.07, 6.45) is 3.29. The van der Waals surface area contributed by atoms with Gasteiger partial charge in [-0.3, -0.25) is 9.69 Å². The Kier molecular flexibility index (Phi) is 6.21. The molecule has 5 nitrogen and oxygen atoms in total. The van der Waals surface area contributed by atoms with E-state index in [2.05, 4.69) is 51.2 Å². The second kappa shape index (κ2) is 9.23. The minimum absolute atomic E-state index is 0.391. The monoisotopic (exact) mass is 454 g/mol. The van der Waals surface area contributed by atoms with Crippen molar-refractivity contribution in [1.82, 2.24) is 14.9 Å². The van der Waals surface area contributed by atoms with Crippen molar-refractivity contribution < 1.29 is 4.79 Å². The van der Waals surface area contributed by atoms with Gasteiger partial charge in [-0.1, -0.05) is 53.7 Å². The average molecular weight is 455 g/mol. The van der Waals surface area contributed by atoms with Gasteiger partial charge in [-0.15, -0.1) is 0 Å². The molecule has 1 saturated carbocycles. The molecule has 0 atom stereocenters. The van der Waals surface area contributed by atoms with Crippen molar-refractivity contribution in [2.45, 2.75) is 42.6 Å². The van der Waals surface area contributed by atoms with E-state index in [4.69, 9.17) is 16.6 Å². The van der Waals surface area contributed by atoms with Gasteiger partial charge in [0.25, 0.3) is 0 Å². The van der Waals surface area contributed by atoms with Gasteiger partial charge in [-0.05, 0) is 30.5 Å². The van der Waals surface area contributed by atoms with Crippen LogP contribution < -0.4 is 4.90 Å². The van der Waals surface area contributed by atoms with Crippen LogP contribution in [-0.2, 0) is 11.3 Å². The summed E-state index contributed by atoms with van der Waals surface area (Å²) >= 11 is 8.43. The first-order valence-corrected chi connectivity index (χ1v) is 12.3. The lowest BCUT2D eigenvalue weighted by atomic mass is 9.99. The number of hydrogen-bond acceptors (Lipinski definition) is 5. The molecule has 1 aliphatic heterocycles. The molecule has 1 saturated heterocycles. The number of nitrogens with zero attached hydrogens (tertiary/aromatic N) is 3. The number of anilines is 1. The normalized spacial score (nSPS) is 18.7. The molecule has 7 heteroatoms. The van der Waals surface area contributed by atoms with Crippen molar-refractivity contribution >= 4 is 45.9 Å². The molecule has 162 valence electrons. The lowest BCUT2D eigenvalue weighted by Gasteiger charge is -2.36. The summed E-state index contributed by atoms with van der Waals surface area (Å²) in [5, 5.41) is 2.16. The topological polar surface area (TPSA) is 52.2 Å². The summed E-state index contributed by atoms with van der Waals surface area (Å²) in [6.45, 7) is 4.95. The summed E-state index contributed by atoms with van der Waals surface area (Å²) in [6, 6.07) is 14.8. The van der Waals surface area contributed by atoms with Crippen molar-refractivity contribution in [2.24, 2.45) is 0 Å². The number of H-pyrrole nitrogens is 1. The maximum atomic E-state index is 11.5. The molecular weight excluding hydrogens is 428 g/mol. The lowest BCUT2D eigenvalue weighted by Crippen LogP contribution is -2.46. The smallest absolute Gasteiger partial charge is 0.166 e. The minimum atomic E-state index is 0.391. The van der Waals surface area contributed by atoms with E-state index in [9.17, 15) is 4.79 Å². The lowest BCUT2D eigenvalue weighted by molar-refractivity contribution is -0.120. The van der Waals surface area contributed by atoms with Crippen molar-refractivity contribution in [1.29, 1.82) is 0 Å². The van der Waals surface area contributed by atoms with Crippen LogP contribution in [0, 0.1) is 0 Å². The van der Waals surface area contributed by atoms with Gasteiger partial charge >= 0.3 is 0 Å². The molecule has 31 heavy (non-hydrogen) atoms. The van der Waals surface area contributed by atoms with E-state index in [1.165, 1.54) is 5.56 Å². The Morgan fingerprint density at radius 2 is 1.81 bits per heavy atom. The number of aromatic amines is 1. The van der Waals surface area contributed by atoms with Gasteiger partial charge in [0.05, 0.1) is 21.7 Å². The predicted molar refractivity (Wildman–Crippen MR) is 128 cm³/mol. The first kappa shape index (κ1) is 20.9. The molecule has 3 aromatic rings. The highest BCUT2D eigenvalue weighted by atomic mass is 35.5. The SMILES string of the molecule is O=C1CCC(Sc2nc3cc(N4CCN(Cc5ccccc5)CC4)c(Cl)cc3[nH]2)CC1. The number of Topliss-reactive ketones (excluding diaryl/α,β-unsaturated/α-hetero) is 1. The van der Waals surface area contributed by atoms with Crippen molar-refractivity contribution in [2.75, 3.05) is 31.1 Å². The van der Waals surface area contributed by atoms with Gasteiger partial charge in [-0.25, -0.2) is 4.98 Å². The highest BCUT2D eigenvalue weighted by molar-refractivity contribution is 7.99. The first-order valence-electron chi connectivity index (χ1n) is 11.0. The van der Waals surface area contributed by atoms with E-state index in [1.54, 1.807) is 11.8 Å². The highest BCUT2D eigenvalue weighted by Crippen LogP contribution is 2.35. The van der Waals surface area contributed by atoms with Gasteiger partial charge in [0.1, 0.15) is 5.78 Å². The number of aromatic nitrogens is 2. The van der Waals surface area contributed by atoms with Gasteiger partial charge in [0, 0.05) is 50.8 Å². The molecule has 0 amide bonds. The molecule has 2 heterocycles. The van der Waals surface area contributed by atoms with E-state index in [0.29, 0.717) is 23.9 Å². The molecule has 2 aromatic carbocycles. The van der Waals surface area contributed by atoms with E-state index in [0.717, 1.165) is 72.5 Å². The Hall–Kier alpha value is -2.02. The Labute approximate surface area is 192 Å². The Morgan fingerprint density at radius 3 is 2.55 bits per heavy atom. The zero-order valence-electron chi connectivity index (χ0n) is 17.5. The number of halogens is 1. The molecule has 2 fully saturated rings. The van der Waals surface area contributed by atoms with Gasteiger partial charge < -0.3 is 9.88 Å². The van der Waals surface area contributed by atoms with Crippen LogP contribution in [0.25, 0.3) is 11.0 Å².